The van der Waals surface area contributed by atoms with Gasteiger partial charge in [0.2, 0.25) is 0 Å². The molecule has 1 unspecified atom stereocenters. The van der Waals surface area contributed by atoms with Crippen molar-refractivity contribution in [2.75, 3.05) is 6.54 Å². The van der Waals surface area contributed by atoms with Crippen molar-refractivity contribution >= 4 is 15.9 Å². The molecule has 0 aromatic carbocycles. The molecular formula is C14H20BrN3O. The van der Waals surface area contributed by atoms with Crippen molar-refractivity contribution in [3.63, 3.8) is 0 Å². The summed E-state index contributed by atoms with van der Waals surface area (Å²) in [4.78, 5) is 0. The van der Waals surface area contributed by atoms with Crippen molar-refractivity contribution in [3.8, 4) is 0 Å². The molecule has 4 nitrogen and oxygen atoms in total. The van der Waals surface area contributed by atoms with Gasteiger partial charge in [-0.25, -0.2) is 0 Å². The van der Waals surface area contributed by atoms with Crippen LogP contribution < -0.4 is 5.32 Å². The molecule has 1 atom stereocenters. The molecule has 0 aliphatic carbocycles. The van der Waals surface area contributed by atoms with Gasteiger partial charge in [0.25, 0.3) is 0 Å². The highest BCUT2D eigenvalue weighted by Gasteiger charge is 2.23. The van der Waals surface area contributed by atoms with Crippen LogP contribution in [0.25, 0.3) is 0 Å². The predicted molar refractivity (Wildman–Crippen MR) is 79.2 cm³/mol. The molecule has 0 saturated heterocycles. The third-order valence-corrected chi connectivity index (χ3v) is 3.66. The normalized spacial score (nSPS) is 12.8. The summed E-state index contributed by atoms with van der Waals surface area (Å²) in [6.07, 6.45) is 2.92. The van der Waals surface area contributed by atoms with Gasteiger partial charge in [0.05, 0.1) is 16.4 Å². The highest BCUT2D eigenvalue weighted by Crippen LogP contribution is 2.29. The zero-order valence-corrected chi connectivity index (χ0v) is 13.2. The van der Waals surface area contributed by atoms with Crippen LogP contribution in [-0.2, 0) is 6.54 Å². The summed E-state index contributed by atoms with van der Waals surface area (Å²) in [7, 11) is 0. The molecule has 2 rings (SSSR count). The van der Waals surface area contributed by atoms with Crippen LogP contribution in [0, 0.1) is 6.92 Å². The number of hydrogen-bond acceptors (Lipinski definition) is 3. The Kier molecular flexibility index (Phi) is 4.82. The van der Waals surface area contributed by atoms with E-state index in [1.165, 1.54) is 0 Å². The van der Waals surface area contributed by atoms with Gasteiger partial charge < -0.3 is 9.73 Å². The van der Waals surface area contributed by atoms with Crippen LogP contribution in [0.3, 0.4) is 0 Å². The van der Waals surface area contributed by atoms with Crippen LogP contribution in [0.4, 0.5) is 0 Å². The van der Waals surface area contributed by atoms with E-state index in [-0.39, 0.29) is 6.04 Å². The summed E-state index contributed by atoms with van der Waals surface area (Å²) in [5, 5.41) is 7.92. The fraction of sp³-hybridized carbons (Fsp3) is 0.500. The summed E-state index contributed by atoms with van der Waals surface area (Å²) < 4.78 is 8.80. The second kappa shape index (κ2) is 6.39. The first-order chi connectivity index (χ1) is 9.17. The van der Waals surface area contributed by atoms with Crippen LogP contribution in [0.1, 0.15) is 43.5 Å². The lowest BCUT2D eigenvalue weighted by molar-refractivity contribution is 0.413. The van der Waals surface area contributed by atoms with Crippen LogP contribution in [0.2, 0.25) is 0 Å². The standard InChI is InChI=1S/C14H20BrN3O/c1-4-8-16-13(12-7-6-10(3)19-12)14-11(15)9-17-18(14)5-2/h6-7,9,13,16H,4-5,8H2,1-3H3. The first-order valence-electron chi connectivity index (χ1n) is 6.68. The highest BCUT2D eigenvalue weighted by atomic mass is 79.9. The van der Waals surface area contributed by atoms with Crippen LogP contribution in [0.5, 0.6) is 0 Å². The first kappa shape index (κ1) is 14.3. The number of halogens is 1. The zero-order valence-electron chi connectivity index (χ0n) is 11.6. The molecule has 0 aliphatic rings. The topological polar surface area (TPSA) is 43.0 Å². The van der Waals surface area contributed by atoms with Gasteiger partial charge >= 0.3 is 0 Å². The van der Waals surface area contributed by atoms with E-state index >= 15 is 0 Å². The summed E-state index contributed by atoms with van der Waals surface area (Å²) in [6.45, 7) is 7.99. The van der Waals surface area contributed by atoms with Gasteiger partial charge in [0.1, 0.15) is 17.6 Å². The molecule has 2 aromatic heterocycles. The van der Waals surface area contributed by atoms with Crippen molar-refractivity contribution in [3.05, 3.63) is 40.0 Å². The van der Waals surface area contributed by atoms with Gasteiger partial charge in [0.15, 0.2) is 0 Å². The Morgan fingerprint density at radius 1 is 1.42 bits per heavy atom. The van der Waals surface area contributed by atoms with Gasteiger partial charge in [-0.3, -0.25) is 4.68 Å². The quantitative estimate of drug-likeness (QED) is 0.881. The number of aryl methyl sites for hydroxylation is 2. The third kappa shape index (κ3) is 3.09. The number of rotatable bonds is 6. The Morgan fingerprint density at radius 2 is 2.21 bits per heavy atom. The number of nitrogens with one attached hydrogen (secondary N) is 1. The Bertz CT molecular complexity index is 533. The molecule has 2 aromatic rings. The van der Waals surface area contributed by atoms with Crippen molar-refractivity contribution < 1.29 is 4.42 Å². The molecule has 0 bridgehead atoms. The van der Waals surface area contributed by atoms with Crippen molar-refractivity contribution in [1.29, 1.82) is 0 Å². The molecule has 19 heavy (non-hydrogen) atoms. The smallest absolute Gasteiger partial charge is 0.127 e. The minimum Gasteiger partial charge on any atom is -0.464 e. The van der Waals surface area contributed by atoms with Crippen molar-refractivity contribution in [2.45, 2.75) is 39.8 Å². The van der Waals surface area contributed by atoms with E-state index in [1.54, 1.807) is 0 Å². The fourth-order valence-corrected chi connectivity index (χ4v) is 2.67. The maximum absolute atomic E-state index is 5.80. The fourth-order valence-electron chi connectivity index (χ4n) is 2.14. The summed E-state index contributed by atoms with van der Waals surface area (Å²) in [6, 6.07) is 4.06. The Balaban J connectivity index is 2.39. The molecule has 0 saturated carbocycles. The van der Waals surface area contributed by atoms with E-state index in [0.29, 0.717) is 0 Å². The molecule has 2 heterocycles. The first-order valence-corrected chi connectivity index (χ1v) is 7.47. The van der Waals surface area contributed by atoms with Gasteiger partial charge in [-0.2, -0.15) is 5.10 Å². The van der Waals surface area contributed by atoms with Crippen LogP contribution >= 0.6 is 15.9 Å². The number of nitrogens with zero attached hydrogens (tertiary/aromatic N) is 2. The van der Waals surface area contributed by atoms with E-state index < -0.39 is 0 Å². The zero-order chi connectivity index (χ0) is 13.8. The minimum atomic E-state index is 0.0328. The molecule has 0 amide bonds. The van der Waals surface area contributed by atoms with Gasteiger partial charge in [0, 0.05) is 6.54 Å². The maximum atomic E-state index is 5.80. The molecule has 0 spiro atoms. The SMILES string of the molecule is CCCNC(c1ccc(C)o1)c1c(Br)cnn1CC. The van der Waals surface area contributed by atoms with E-state index in [9.17, 15) is 0 Å². The molecule has 0 radical (unpaired) electrons. The Morgan fingerprint density at radius 3 is 2.79 bits per heavy atom. The third-order valence-electron chi connectivity index (χ3n) is 3.05. The van der Waals surface area contributed by atoms with Gasteiger partial charge in [-0.1, -0.05) is 6.92 Å². The van der Waals surface area contributed by atoms with Crippen molar-refractivity contribution in [2.24, 2.45) is 0 Å². The second-order valence-corrected chi connectivity index (χ2v) is 5.38. The highest BCUT2D eigenvalue weighted by molar-refractivity contribution is 9.10. The van der Waals surface area contributed by atoms with E-state index in [1.807, 2.05) is 29.9 Å². The monoisotopic (exact) mass is 325 g/mol. The Hall–Kier alpha value is -1.07. The average molecular weight is 326 g/mol. The van der Waals surface area contributed by atoms with Crippen molar-refractivity contribution in [1.82, 2.24) is 15.1 Å². The number of furan rings is 1. The maximum Gasteiger partial charge on any atom is 0.127 e. The largest absolute Gasteiger partial charge is 0.464 e. The van der Waals surface area contributed by atoms with E-state index in [2.05, 4.69) is 40.2 Å². The van der Waals surface area contributed by atoms with Gasteiger partial charge in [-0.15, -0.1) is 0 Å². The summed E-state index contributed by atoms with van der Waals surface area (Å²) >= 11 is 3.59. The molecular weight excluding hydrogens is 306 g/mol. The number of aromatic nitrogens is 2. The van der Waals surface area contributed by atoms with Crippen LogP contribution in [-0.4, -0.2) is 16.3 Å². The minimum absolute atomic E-state index is 0.0328. The van der Waals surface area contributed by atoms with E-state index in [0.717, 1.165) is 41.2 Å². The average Bonchev–Trinajstić information content (AvgIpc) is 2.98. The second-order valence-electron chi connectivity index (χ2n) is 4.53. The van der Waals surface area contributed by atoms with Gasteiger partial charge in [-0.05, 0) is 54.9 Å². The lowest BCUT2D eigenvalue weighted by Crippen LogP contribution is -2.25. The van der Waals surface area contributed by atoms with Crippen LogP contribution in [0.15, 0.2) is 27.2 Å². The number of hydrogen-bond donors (Lipinski definition) is 1. The molecule has 5 heteroatoms. The Labute approximate surface area is 122 Å². The lowest BCUT2D eigenvalue weighted by Gasteiger charge is -2.18. The van der Waals surface area contributed by atoms with E-state index in [4.69, 9.17) is 4.42 Å². The molecule has 0 fully saturated rings. The molecule has 0 aliphatic heterocycles. The molecule has 1 N–H and O–H groups in total. The predicted octanol–water partition coefficient (Wildman–Crippen LogP) is 3.66. The molecule has 104 valence electrons. The lowest BCUT2D eigenvalue weighted by atomic mass is 10.1. The summed E-state index contributed by atoms with van der Waals surface area (Å²) in [5.74, 6) is 1.86. The summed E-state index contributed by atoms with van der Waals surface area (Å²) in [5.41, 5.74) is 1.12.